The van der Waals surface area contributed by atoms with Crippen LogP contribution in [0.4, 0.5) is 0 Å². The summed E-state index contributed by atoms with van der Waals surface area (Å²) < 4.78 is 0. The molecule has 14 heavy (non-hydrogen) atoms. The number of nitrogens with one attached hydrogen (secondary N) is 1. The summed E-state index contributed by atoms with van der Waals surface area (Å²) in [5.74, 6) is 0.805. The summed E-state index contributed by atoms with van der Waals surface area (Å²) in [6.07, 6.45) is 2.53. The fraction of sp³-hybridized carbons (Fsp3) is 1.00. The van der Waals surface area contributed by atoms with E-state index in [1.807, 2.05) is 0 Å². The predicted octanol–water partition coefficient (Wildman–Crippen LogP) is 0.689. The standard InChI is InChI=1S/C11H24N2O/c1-10(2)3-6-13-7-4-11(9-13)12-5-8-14/h10-12,14H,3-9H2,1-2H3. The number of aliphatic hydroxyl groups is 1. The Hall–Kier alpha value is -0.120. The van der Waals surface area contributed by atoms with E-state index in [-0.39, 0.29) is 6.61 Å². The zero-order chi connectivity index (χ0) is 10.4. The highest BCUT2D eigenvalue weighted by atomic mass is 16.3. The molecular weight excluding hydrogens is 176 g/mol. The maximum absolute atomic E-state index is 8.69. The van der Waals surface area contributed by atoms with E-state index in [9.17, 15) is 0 Å². The average Bonchev–Trinajstić information content (AvgIpc) is 2.59. The van der Waals surface area contributed by atoms with Gasteiger partial charge in [0.05, 0.1) is 6.61 Å². The van der Waals surface area contributed by atoms with Crippen LogP contribution in [-0.4, -0.2) is 48.8 Å². The first-order valence-corrected chi connectivity index (χ1v) is 5.79. The van der Waals surface area contributed by atoms with Crippen molar-refractivity contribution < 1.29 is 5.11 Å². The van der Waals surface area contributed by atoms with Crippen LogP contribution in [0.1, 0.15) is 26.7 Å². The molecule has 1 fully saturated rings. The smallest absolute Gasteiger partial charge is 0.0556 e. The van der Waals surface area contributed by atoms with Gasteiger partial charge in [-0.2, -0.15) is 0 Å². The Bertz CT molecular complexity index is 150. The summed E-state index contributed by atoms with van der Waals surface area (Å²) in [6, 6.07) is 0.606. The van der Waals surface area contributed by atoms with Crippen LogP contribution in [0.2, 0.25) is 0 Å². The second-order valence-electron chi connectivity index (χ2n) is 4.65. The molecule has 1 aliphatic heterocycles. The van der Waals surface area contributed by atoms with Gasteiger partial charge >= 0.3 is 0 Å². The van der Waals surface area contributed by atoms with Crippen molar-refractivity contribution in [3.05, 3.63) is 0 Å². The second kappa shape index (κ2) is 6.38. The molecule has 0 aliphatic carbocycles. The SMILES string of the molecule is CC(C)CCN1CCC(NCCO)C1. The minimum Gasteiger partial charge on any atom is -0.395 e. The maximum Gasteiger partial charge on any atom is 0.0556 e. The van der Waals surface area contributed by atoms with E-state index in [2.05, 4.69) is 24.1 Å². The fourth-order valence-electron chi connectivity index (χ4n) is 1.91. The lowest BCUT2D eigenvalue weighted by atomic mass is 10.1. The van der Waals surface area contributed by atoms with Crippen LogP contribution in [0.5, 0.6) is 0 Å². The number of nitrogens with zero attached hydrogens (tertiary/aromatic N) is 1. The lowest BCUT2D eigenvalue weighted by molar-refractivity contribution is 0.276. The third kappa shape index (κ3) is 4.40. The summed E-state index contributed by atoms with van der Waals surface area (Å²) in [7, 11) is 0. The Labute approximate surface area is 87.5 Å². The Morgan fingerprint density at radius 2 is 2.29 bits per heavy atom. The molecule has 0 radical (unpaired) electrons. The van der Waals surface area contributed by atoms with Gasteiger partial charge < -0.3 is 15.3 Å². The molecule has 1 rings (SSSR count). The van der Waals surface area contributed by atoms with Crippen LogP contribution < -0.4 is 5.32 Å². The summed E-state index contributed by atoms with van der Waals surface area (Å²) in [4.78, 5) is 2.52. The van der Waals surface area contributed by atoms with E-state index in [0.717, 1.165) is 19.0 Å². The zero-order valence-electron chi connectivity index (χ0n) is 9.50. The molecule has 0 amide bonds. The van der Waals surface area contributed by atoms with Gasteiger partial charge in [0.1, 0.15) is 0 Å². The molecule has 0 spiro atoms. The topological polar surface area (TPSA) is 35.5 Å². The highest BCUT2D eigenvalue weighted by Gasteiger charge is 2.21. The first-order valence-electron chi connectivity index (χ1n) is 5.79. The van der Waals surface area contributed by atoms with Gasteiger partial charge in [-0.1, -0.05) is 13.8 Å². The van der Waals surface area contributed by atoms with Gasteiger partial charge in [0.2, 0.25) is 0 Å². The molecule has 1 unspecified atom stereocenters. The molecule has 0 bridgehead atoms. The highest BCUT2D eigenvalue weighted by molar-refractivity contribution is 4.80. The number of hydrogen-bond acceptors (Lipinski definition) is 3. The third-order valence-corrected chi connectivity index (χ3v) is 2.84. The average molecular weight is 200 g/mol. The van der Waals surface area contributed by atoms with Gasteiger partial charge in [-0.15, -0.1) is 0 Å². The van der Waals surface area contributed by atoms with Gasteiger partial charge in [0, 0.05) is 19.1 Å². The molecule has 84 valence electrons. The van der Waals surface area contributed by atoms with Crippen molar-refractivity contribution in [1.29, 1.82) is 0 Å². The van der Waals surface area contributed by atoms with Crippen LogP contribution in [0.3, 0.4) is 0 Å². The maximum atomic E-state index is 8.69. The molecule has 1 aliphatic rings. The van der Waals surface area contributed by atoms with Crippen molar-refractivity contribution in [2.75, 3.05) is 32.8 Å². The summed E-state index contributed by atoms with van der Waals surface area (Å²) in [6.45, 7) is 9.15. The van der Waals surface area contributed by atoms with Gasteiger partial charge in [-0.05, 0) is 31.8 Å². The molecule has 1 saturated heterocycles. The van der Waals surface area contributed by atoms with Crippen molar-refractivity contribution in [2.45, 2.75) is 32.7 Å². The normalized spacial score (nSPS) is 23.6. The highest BCUT2D eigenvalue weighted by Crippen LogP contribution is 2.11. The molecule has 3 heteroatoms. The summed E-state index contributed by atoms with van der Waals surface area (Å²) in [5.41, 5.74) is 0. The Balaban J connectivity index is 2.08. The van der Waals surface area contributed by atoms with E-state index in [4.69, 9.17) is 5.11 Å². The molecule has 0 aromatic rings. The molecular formula is C11H24N2O. The van der Waals surface area contributed by atoms with Crippen molar-refractivity contribution >= 4 is 0 Å². The lowest BCUT2D eigenvalue weighted by Crippen LogP contribution is -2.34. The van der Waals surface area contributed by atoms with Crippen molar-refractivity contribution in [3.8, 4) is 0 Å². The number of aliphatic hydroxyl groups excluding tert-OH is 1. The minimum atomic E-state index is 0.252. The van der Waals surface area contributed by atoms with Crippen LogP contribution >= 0.6 is 0 Å². The number of rotatable bonds is 6. The molecule has 1 heterocycles. The van der Waals surface area contributed by atoms with Crippen molar-refractivity contribution in [2.24, 2.45) is 5.92 Å². The summed E-state index contributed by atoms with van der Waals surface area (Å²) >= 11 is 0. The van der Waals surface area contributed by atoms with E-state index in [1.54, 1.807) is 0 Å². The van der Waals surface area contributed by atoms with E-state index < -0.39 is 0 Å². The van der Waals surface area contributed by atoms with Gasteiger partial charge in [0.25, 0.3) is 0 Å². The first-order chi connectivity index (χ1) is 6.72. The number of hydrogen-bond donors (Lipinski definition) is 2. The molecule has 0 saturated carbocycles. The monoisotopic (exact) mass is 200 g/mol. The van der Waals surface area contributed by atoms with Crippen molar-refractivity contribution in [1.82, 2.24) is 10.2 Å². The van der Waals surface area contributed by atoms with Crippen LogP contribution in [-0.2, 0) is 0 Å². The summed E-state index contributed by atoms with van der Waals surface area (Å²) in [5, 5.41) is 12.0. The first kappa shape index (κ1) is 12.0. The number of likely N-dealkylation sites (tertiary alicyclic amines) is 1. The molecule has 1 atom stereocenters. The van der Waals surface area contributed by atoms with Gasteiger partial charge in [-0.3, -0.25) is 0 Å². The van der Waals surface area contributed by atoms with E-state index >= 15 is 0 Å². The largest absolute Gasteiger partial charge is 0.395 e. The Morgan fingerprint density at radius 1 is 1.50 bits per heavy atom. The molecule has 2 N–H and O–H groups in total. The Kier molecular flexibility index (Phi) is 5.45. The van der Waals surface area contributed by atoms with Crippen molar-refractivity contribution in [3.63, 3.8) is 0 Å². The minimum absolute atomic E-state index is 0.252. The lowest BCUT2D eigenvalue weighted by Gasteiger charge is -2.17. The van der Waals surface area contributed by atoms with Crippen LogP contribution in [0, 0.1) is 5.92 Å². The zero-order valence-corrected chi connectivity index (χ0v) is 9.50. The fourth-order valence-corrected chi connectivity index (χ4v) is 1.91. The second-order valence-corrected chi connectivity index (χ2v) is 4.65. The van der Waals surface area contributed by atoms with E-state index in [0.29, 0.717) is 6.04 Å². The Morgan fingerprint density at radius 3 is 2.93 bits per heavy atom. The third-order valence-electron chi connectivity index (χ3n) is 2.84. The van der Waals surface area contributed by atoms with Gasteiger partial charge in [-0.25, -0.2) is 0 Å². The molecule has 0 aromatic heterocycles. The molecule has 0 aromatic carbocycles. The van der Waals surface area contributed by atoms with Crippen LogP contribution in [0.15, 0.2) is 0 Å². The quantitative estimate of drug-likeness (QED) is 0.662. The van der Waals surface area contributed by atoms with Gasteiger partial charge in [0.15, 0.2) is 0 Å². The predicted molar refractivity (Wildman–Crippen MR) is 59.4 cm³/mol. The van der Waals surface area contributed by atoms with Crippen LogP contribution in [0.25, 0.3) is 0 Å². The molecule has 3 nitrogen and oxygen atoms in total. The van der Waals surface area contributed by atoms with E-state index in [1.165, 1.54) is 25.9 Å².